The predicted molar refractivity (Wildman–Crippen MR) is 75.9 cm³/mol. The van der Waals surface area contributed by atoms with Crippen molar-refractivity contribution < 1.29 is 19.0 Å². The van der Waals surface area contributed by atoms with Gasteiger partial charge in [-0.25, -0.2) is 4.79 Å². The highest BCUT2D eigenvalue weighted by molar-refractivity contribution is 9.10. The predicted octanol–water partition coefficient (Wildman–Crippen LogP) is 2.98. The Bertz CT molecular complexity index is 537. The van der Waals surface area contributed by atoms with E-state index in [0.29, 0.717) is 6.61 Å². The Labute approximate surface area is 125 Å². The molecule has 1 aromatic rings. The molecule has 2 aliphatic rings. The molecule has 2 heterocycles. The first-order chi connectivity index (χ1) is 9.69. The number of rotatable bonds is 2. The second kappa shape index (κ2) is 5.58. The van der Waals surface area contributed by atoms with E-state index in [1.165, 1.54) is 7.11 Å². The fourth-order valence-electron chi connectivity index (χ4n) is 2.75. The molecule has 0 aliphatic carbocycles. The fourth-order valence-corrected chi connectivity index (χ4v) is 3.01. The van der Waals surface area contributed by atoms with Crippen molar-refractivity contribution in [2.45, 2.75) is 18.6 Å². The summed E-state index contributed by atoms with van der Waals surface area (Å²) in [6, 6.07) is 8.12. The number of carbonyl (C=O) groups is 1. The van der Waals surface area contributed by atoms with Crippen LogP contribution in [0.15, 0.2) is 40.6 Å². The maximum absolute atomic E-state index is 11.7. The van der Waals surface area contributed by atoms with Gasteiger partial charge in [0.05, 0.1) is 13.7 Å². The van der Waals surface area contributed by atoms with Gasteiger partial charge < -0.3 is 14.2 Å². The minimum absolute atomic E-state index is 0.110. The molecule has 0 N–H and O–H groups in total. The SMILES string of the molecule is COC(=O)C1=C[C@H](c2ccc(Br)cc2)[C@@H]2CCO[C@@H]2O1. The number of benzene rings is 1. The molecule has 2 aliphatic heterocycles. The van der Waals surface area contributed by atoms with E-state index in [4.69, 9.17) is 14.2 Å². The van der Waals surface area contributed by atoms with E-state index in [1.54, 1.807) is 0 Å². The van der Waals surface area contributed by atoms with Crippen LogP contribution < -0.4 is 0 Å². The van der Waals surface area contributed by atoms with E-state index >= 15 is 0 Å². The highest BCUT2D eigenvalue weighted by Crippen LogP contribution is 2.42. The quantitative estimate of drug-likeness (QED) is 0.777. The molecule has 0 saturated carbocycles. The summed E-state index contributed by atoms with van der Waals surface area (Å²) in [5, 5.41) is 0. The Balaban J connectivity index is 1.96. The monoisotopic (exact) mass is 338 g/mol. The summed E-state index contributed by atoms with van der Waals surface area (Å²) in [4.78, 5) is 11.7. The van der Waals surface area contributed by atoms with Gasteiger partial charge in [-0.05, 0) is 30.2 Å². The van der Waals surface area contributed by atoms with Gasteiger partial charge in [0.15, 0.2) is 0 Å². The first-order valence-electron chi connectivity index (χ1n) is 6.53. The normalized spacial score (nSPS) is 28.3. The van der Waals surface area contributed by atoms with Gasteiger partial charge in [0.25, 0.3) is 0 Å². The summed E-state index contributed by atoms with van der Waals surface area (Å²) in [5.41, 5.74) is 1.15. The van der Waals surface area contributed by atoms with Crippen molar-refractivity contribution in [3.8, 4) is 0 Å². The van der Waals surface area contributed by atoms with Crippen LogP contribution in [0.2, 0.25) is 0 Å². The third-order valence-corrected chi connectivity index (χ3v) is 4.29. The topological polar surface area (TPSA) is 44.8 Å². The number of halogens is 1. The highest BCUT2D eigenvalue weighted by Gasteiger charge is 2.41. The van der Waals surface area contributed by atoms with Crippen molar-refractivity contribution in [3.05, 3.63) is 46.1 Å². The van der Waals surface area contributed by atoms with Crippen LogP contribution in [0, 0.1) is 5.92 Å². The number of carbonyl (C=O) groups excluding carboxylic acids is 1. The zero-order valence-electron chi connectivity index (χ0n) is 11.0. The standard InChI is InChI=1S/C15H15BrO4/c1-18-14(17)13-8-12(9-2-4-10(16)5-3-9)11-6-7-19-15(11)20-13/h2-5,8,11-12,15H,6-7H2,1H3/t11-,12+,15+/m0/s1. The highest BCUT2D eigenvalue weighted by atomic mass is 79.9. The van der Waals surface area contributed by atoms with Crippen LogP contribution in [0.5, 0.6) is 0 Å². The van der Waals surface area contributed by atoms with E-state index in [9.17, 15) is 4.79 Å². The Kier molecular flexibility index (Phi) is 3.81. The smallest absolute Gasteiger partial charge is 0.373 e. The largest absolute Gasteiger partial charge is 0.463 e. The van der Waals surface area contributed by atoms with E-state index in [2.05, 4.69) is 28.1 Å². The zero-order chi connectivity index (χ0) is 14.1. The van der Waals surface area contributed by atoms with Crippen molar-refractivity contribution in [1.29, 1.82) is 0 Å². The van der Waals surface area contributed by atoms with Gasteiger partial charge in [-0.15, -0.1) is 0 Å². The first-order valence-corrected chi connectivity index (χ1v) is 7.32. The second-order valence-corrected chi connectivity index (χ2v) is 5.83. The van der Waals surface area contributed by atoms with Crippen LogP contribution in [-0.2, 0) is 19.0 Å². The minimum atomic E-state index is -0.457. The molecule has 0 unspecified atom stereocenters. The van der Waals surface area contributed by atoms with Gasteiger partial charge in [-0.2, -0.15) is 0 Å². The number of hydrogen-bond acceptors (Lipinski definition) is 4. The molecule has 1 aromatic carbocycles. The average molecular weight is 339 g/mol. The van der Waals surface area contributed by atoms with Crippen molar-refractivity contribution in [2.24, 2.45) is 5.92 Å². The van der Waals surface area contributed by atoms with E-state index in [1.807, 2.05) is 18.2 Å². The molecule has 0 amide bonds. The maximum Gasteiger partial charge on any atom is 0.373 e. The van der Waals surface area contributed by atoms with Crippen LogP contribution in [0.4, 0.5) is 0 Å². The van der Waals surface area contributed by atoms with Crippen LogP contribution in [0.3, 0.4) is 0 Å². The number of methoxy groups -OCH3 is 1. The molecule has 20 heavy (non-hydrogen) atoms. The summed E-state index contributed by atoms with van der Waals surface area (Å²) in [7, 11) is 1.35. The Morgan fingerprint density at radius 2 is 2.10 bits per heavy atom. The Morgan fingerprint density at radius 1 is 1.35 bits per heavy atom. The number of ether oxygens (including phenoxy) is 3. The molecule has 1 saturated heterocycles. The molecular weight excluding hydrogens is 324 g/mol. The van der Waals surface area contributed by atoms with Crippen molar-refractivity contribution >= 4 is 21.9 Å². The lowest BCUT2D eigenvalue weighted by molar-refractivity contribution is -0.155. The van der Waals surface area contributed by atoms with Crippen LogP contribution >= 0.6 is 15.9 Å². The molecule has 3 atom stereocenters. The number of esters is 1. The zero-order valence-corrected chi connectivity index (χ0v) is 12.6. The molecule has 3 rings (SSSR count). The molecule has 0 aromatic heterocycles. The third kappa shape index (κ3) is 2.47. The summed E-state index contributed by atoms with van der Waals surface area (Å²) in [5.74, 6) is 0.132. The minimum Gasteiger partial charge on any atom is -0.463 e. The van der Waals surface area contributed by atoms with Crippen LogP contribution in [-0.4, -0.2) is 26.0 Å². The van der Waals surface area contributed by atoms with Crippen LogP contribution in [0.1, 0.15) is 17.9 Å². The van der Waals surface area contributed by atoms with Gasteiger partial charge in [-0.1, -0.05) is 28.1 Å². The van der Waals surface area contributed by atoms with Gasteiger partial charge in [-0.3, -0.25) is 0 Å². The van der Waals surface area contributed by atoms with Crippen molar-refractivity contribution in [2.75, 3.05) is 13.7 Å². The van der Waals surface area contributed by atoms with E-state index in [-0.39, 0.29) is 23.9 Å². The number of hydrogen-bond donors (Lipinski definition) is 0. The molecule has 4 nitrogen and oxygen atoms in total. The Hall–Kier alpha value is -1.33. The molecule has 0 radical (unpaired) electrons. The summed E-state index contributed by atoms with van der Waals surface area (Å²) < 4.78 is 16.9. The first kappa shape index (κ1) is 13.6. The number of allylic oxidation sites excluding steroid dienone is 1. The molecule has 106 valence electrons. The third-order valence-electron chi connectivity index (χ3n) is 3.76. The number of fused-ring (bicyclic) bond motifs is 1. The lowest BCUT2D eigenvalue weighted by Gasteiger charge is -2.31. The second-order valence-electron chi connectivity index (χ2n) is 4.91. The fraction of sp³-hybridized carbons (Fsp3) is 0.400. The maximum atomic E-state index is 11.7. The van der Waals surface area contributed by atoms with Crippen LogP contribution in [0.25, 0.3) is 0 Å². The van der Waals surface area contributed by atoms with E-state index in [0.717, 1.165) is 16.5 Å². The molecule has 0 spiro atoms. The Morgan fingerprint density at radius 3 is 2.80 bits per heavy atom. The van der Waals surface area contributed by atoms with E-state index < -0.39 is 5.97 Å². The molecule has 0 bridgehead atoms. The van der Waals surface area contributed by atoms with Gasteiger partial charge in [0, 0.05) is 16.3 Å². The molecular formula is C15H15BrO4. The van der Waals surface area contributed by atoms with Gasteiger partial charge >= 0.3 is 5.97 Å². The van der Waals surface area contributed by atoms with Crippen molar-refractivity contribution in [3.63, 3.8) is 0 Å². The summed E-state index contributed by atoms with van der Waals surface area (Å²) >= 11 is 3.43. The van der Waals surface area contributed by atoms with Gasteiger partial charge in [0.1, 0.15) is 0 Å². The van der Waals surface area contributed by atoms with Gasteiger partial charge in [0.2, 0.25) is 12.0 Å². The summed E-state index contributed by atoms with van der Waals surface area (Å²) in [6.07, 6.45) is 2.42. The lowest BCUT2D eigenvalue weighted by atomic mass is 9.83. The molecule has 1 fully saturated rings. The van der Waals surface area contributed by atoms with Crippen molar-refractivity contribution in [1.82, 2.24) is 0 Å². The summed E-state index contributed by atoms with van der Waals surface area (Å²) in [6.45, 7) is 0.657. The lowest BCUT2D eigenvalue weighted by Crippen LogP contribution is -2.31. The average Bonchev–Trinajstić information content (AvgIpc) is 2.94. The molecule has 5 heteroatoms.